The van der Waals surface area contributed by atoms with E-state index in [0.29, 0.717) is 0 Å². The van der Waals surface area contributed by atoms with Crippen molar-refractivity contribution in [3.8, 4) is 0 Å². The number of nitrogens with one attached hydrogen (secondary N) is 1. The van der Waals surface area contributed by atoms with Crippen molar-refractivity contribution in [3.05, 3.63) is 0 Å². The molecule has 0 heterocycles. The fraction of sp³-hybridized carbons (Fsp3) is 0. The highest BCUT2D eigenvalue weighted by molar-refractivity contribution is 8.12. The first-order valence-electron chi connectivity index (χ1n) is 0.980. The fourth-order valence-electron chi connectivity index (χ4n) is 0. The molecule has 0 amide bonds. The molecule has 0 aliphatic heterocycles. The molecular weight excluding hydrogens is 124 g/mol. The van der Waals surface area contributed by atoms with Crippen LogP contribution in [0.3, 0.4) is 0 Å². The van der Waals surface area contributed by atoms with Gasteiger partial charge < -0.3 is 0 Å². The molecule has 0 saturated carbocycles. The van der Waals surface area contributed by atoms with Crippen molar-refractivity contribution in [1.29, 1.82) is 0 Å². The first kappa shape index (κ1) is 6.26. The Hall–Kier alpha value is 0.265. The van der Waals surface area contributed by atoms with Crippen LogP contribution in [0.25, 0.3) is 0 Å². The minimum Gasteiger partial charge on any atom is -0.256 e. The van der Waals surface area contributed by atoms with Crippen molar-refractivity contribution in [2.24, 2.45) is 0 Å². The summed E-state index contributed by atoms with van der Waals surface area (Å²) in [6, 6.07) is 0. The SMILES string of the molecule is [B]NS(=O)(=O)Cl. The molecule has 34 valence electrons. The van der Waals surface area contributed by atoms with Crippen LogP contribution in [-0.4, -0.2) is 16.4 Å². The third kappa shape index (κ3) is 4.26. The molecule has 1 N–H and O–H groups in total. The van der Waals surface area contributed by atoms with E-state index in [4.69, 9.17) is 0 Å². The fourth-order valence-corrected chi connectivity index (χ4v) is 0. The first-order chi connectivity index (χ1) is 2.56. The zero-order chi connectivity index (χ0) is 5.21. The molecule has 0 aromatic carbocycles. The predicted molar refractivity (Wildman–Crippen MR) is 23.7 cm³/mol. The van der Waals surface area contributed by atoms with Gasteiger partial charge in [0.25, 0.3) is 9.24 Å². The van der Waals surface area contributed by atoms with E-state index in [0.717, 1.165) is 0 Å². The van der Waals surface area contributed by atoms with Crippen LogP contribution in [0.5, 0.6) is 0 Å². The van der Waals surface area contributed by atoms with Crippen molar-refractivity contribution in [3.63, 3.8) is 0 Å². The molecule has 3 nitrogen and oxygen atoms in total. The first-order valence-corrected chi connectivity index (χ1v) is 3.29. The zero-order valence-corrected chi connectivity index (χ0v) is 4.25. The van der Waals surface area contributed by atoms with E-state index < -0.39 is 9.24 Å². The second-order valence-electron chi connectivity index (χ2n) is 0.556. The van der Waals surface area contributed by atoms with E-state index >= 15 is 0 Å². The van der Waals surface area contributed by atoms with E-state index in [1.165, 1.54) is 4.63 Å². The number of halogens is 1. The molecule has 0 saturated heterocycles. The highest BCUT2D eigenvalue weighted by Crippen LogP contribution is 1.83. The third-order valence-corrected chi connectivity index (χ3v) is 0.690. The summed E-state index contributed by atoms with van der Waals surface area (Å²) in [6.07, 6.45) is 0. The molecule has 0 unspecified atom stereocenters. The number of rotatable bonds is 1. The highest BCUT2D eigenvalue weighted by Gasteiger charge is 1.92. The van der Waals surface area contributed by atoms with Crippen LogP contribution in [0.1, 0.15) is 0 Å². The molecule has 0 atom stereocenters. The van der Waals surface area contributed by atoms with E-state index in [-0.39, 0.29) is 0 Å². The number of hydrogen-bond acceptors (Lipinski definition) is 2. The van der Waals surface area contributed by atoms with Gasteiger partial charge in [0.05, 0.1) is 0 Å². The second kappa shape index (κ2) is 1.81. The minimum atomic E-state index is -3.66. The Balaban J connectivity index is 3.85. The summed E-state index contributed by atoms with van der Waals surface area (Å²) < 4.78 is 20.4. The highest BCUT2D eigenvalue weighted by atomic mass is 35.7. The predicted octanol–water partition coefficient (Wildman–Crippen LogP) is -0.857. The Bertz CT molecular complexity index is 116. The summed E-state index contributed by atoms with van der Waals surface area (Å²) in [7, 11) is 5.13. The summed E-state index contributed by atoms with van der Waals surface area (Å²) in [4.78, 5) is 0. The molecule has 0 bridgehead atoms. The Labute approximate surface area is 41.7 Å². The van der Waals surface area contributed by atoms with Gasteiger partial charge in [-0.1, -0.05) is 0 Å². The molecule has 0 aliphatic carbocycles. The van der Waals surface area contributed by atoms with Gasteiger partial charge in [0, 0.05) is 10.7 Å². The van der Waals surface area contributed by atoms with Gasteiger partial charge in [-0.25, -0.2) is 0 Å². The molecule has 0 aromatic rings. The largest absolute Gasteiger partial charge is 0.286 e. The van der Waals surface area contributed by atoms with Crippen molar-refractivity contribution < 1.29 is 8.42 Å². The smallest absolute Gasteiger partial charge is 0.256 e. The third-order valence-electron chi connectivity index (χ3n) is 0.141. The van der Waals surface area contributed by atoms with Gasteiger partial charge in [0.2, 0.25) is 7.98 Å². The molecule has 2 radical (unpaired) electrons. The van der Waals surface area contributed by atoms with Crippen LogP contribution in [0.2, 0.25) is 0 Å². The van der Waals surface area contributed by atoms with Crippen LogP contribution >= 0.6 is 10.7 Å². The van der Waals surface area contributed by atoms with Gasteiger partial charge in [-0.15, -0.1) is 0 Å². The summed E-state index contributed by atoms with van der Waals surface area (Å²) in [5.74, 6) is 0. The summed E-state index contributed by atoms with van der Waals surface area (Å²) >= 11 is 0. The molecule has 0 aliphatic rings. The van der Waals surface area contributed by atoms with Gasteiger partial charge in [-0.3, -0.25) is 4.63 Å². The van der Waals surface area contributed by atoms with E-state index in [1.54, 1.807) is 0 Å². The van der Waals surface area contributed by atoms with Crippen molar-refractivity contribution in [2.75, 3.05) is 0 Å². The lowest BCUT2D eigenvalue weighted by atomic mass is 10.5. The van der Waals surface area contributed by atoms with Crippen molar-refractivity contribution in [2.45, 2.75) is 0 Å². The molecule has 0 aromatic heterocycles. The maximum Gasteiger partial charge on any atom is 0.286 e. The molecular formula is HBClNO2S. The Morgan fingerprint density at radius 2 is 1.83 bits per heavy atom. The monoisotopic (exact) mass is 125 g/mol. The van der Waals surface area contributed by atoms with Crippen molar-refractivity contribution in [1.82, 2.24) is 4.63 Å². The molecule has 6 heavy (non-hydrogen) atoms. The van der Waals surface area contributed by atoms with Crippen LogP contribution in [-0.2, 0) is 9.24 Å². The van der Waals surface area contributed by atoms with Gasteiger partial charge in [-0.05, 0) is 0 Å². The quantitative estimate of drug-likeness (QED) is 0.366. The second-order valence-corrected chi connectivity index (χ2v) is 2.89. The van der Waals surface area contributed by atoms with Gasteiger partial charge in [-0.2, -0.15) is 8.42 Å². The van der Waals surface area contributed by atoms with Gasteiger partial charge in [0.15, 0.2) is 0 Å². The minimum absolute atomic E-state index is 1.34. The van der Waals surface area contributed by atoms with E-state index in [9.17, 15) is 8.42 Å². The average Bonchev–Trinajstić information content (AvgIpc) is 1.35. The van der Waals surface area contributed by atoms with Crippen molar-refractivity contribution >= 4 is 27.9 Å². The topological polar surface area (TPSA) is 46.2 Å². The lowest BCUT2D eigenvalue weighted by Crippen LogP contribution is -2.12. The molecule has 0 spiro atoms. The summed E-state index contributed by atoms with van der Waals surface area (Å²) in [5, 5.41) is 0. The number of hydrogen-bond donors (Lipinski definition) is 1. The van der Waals surface area contributed by atoms with E-state index in [2.05, 4.69) is 18.7 Å². The van der Waals surface area contributed by atoms with Gasteiger partial charge >= 0.3 is 0 Å². The standard InChI is InChI=1S/BClHNO2S/c1-3-6(2,4)5/h3H. The molecule has 6 heteroatoms. The summed E-state index contributed by atoms with van der Waals surface area (Å²) in [5.41, 5.74) is 0. The average molecular weight is 125 g/mol. The van der Waals surface area contributed by atoms with Crippen LogP contribution in [0, 0.1) is 0 Å². The Morgan fingerprint density at radius 3 is 1.83 bits per heavy atom. The van der Waals surface area contributed by atoms with E-state index in [1.807, 2.05) is 0 Å². The Kier molecular flexibility index (Phi) is 1.89. The van der Waals surface area contributed by atoms with Crippen LogP contribution < -0.4 is 4.63 Å². The van der Waals surface area contributed by atoms with Crippen LogP contribution in [0.4, 0.5) is 0 Å². The molecule has 0 rings (SSSR count). The maximum atomic E-state index is 9.53. The lowest BCUT2D eigenvalue weighted by molar-refractivity contribution is 0.607. The summed E-state index contributed by atoms with van der Waals surface area (Å²) in [6.45, 7) is 0. The van der Waals surface area contributed by atoms with Gasteiger partial charge in [0.1, 0.15) is 0 Å². The lowest BCUT2D eigenvalue weighted by Gasteiger charge is -1.81. The normalized spacial score (nSPS) is 11.5. The maximum absolute atomic E-state index is 9.53. The Morgan fingerprint density at radius 1 is 1.67 bits per heavy atom. The molecule has 0 fully saturated rings. The zero-order valence-electron chi connectivity index (χ0n) is 2.68. The van der Waals surface area contributed by atoms with Crippen LogP contribution in [0.15, 0.2) is 0 Å².